The van der Waals surface area contributed by atoms with Gasteiger partial charge in [-0.1, -0.05) is 60.7 Å². The molecule has 0 aliphatic rings. The van der Waals surface area contributed by atoms with Crippen LogP contribution in [0.15, 0.2) is 121 Å². The molecule has 0 fully saturated rings. The highest BCUT2D eigenvalue weighted by atomic mass is 16.5. The topological polar surface area (TPSA) is 73.8 Å². The summed E-state index contributed by atoms with van der Waals surface area (Å²) in [6, 6.07) is 40.5. The van der Waals surface area contributed by atoms with Crippen molar-refractivity contribution < 1.29 is 37.9 Å². The maximum atomic E-state index is 6.76. The van der Waals surface area contributed by atoms with Crippen molar-refractivity contribution in [1.82, 2.24) is 0 Å². The molecule has 58 heavy (non-hydrogen) atoms. The summed E-state index contributed by atoms with van der Waals surface area (Å²) in [5.41, 5.74) is 2.10. The summed E-state index contributed by atoms with van der Waals surface area (Å²) in [6.45, 7) is 0.732. The van der Waals surface area contributed by atoms with Crippen LogP contribution >= 0.6 is 0 Å². The van der Waals surface area contributed by atoms with E-state index in [4.69, 9.17) is 37.9 Å². The maximum absolute atomic E-state index is 6.76. The van der Waals surface area contributed by atoms with Crippen LogP contribution in [0.3, 0.4) is 0 Å². The van der Waals surface area contributed by atoms with Gasteiger partial charge in [0.25, 0.3) is 0 Å². The molecule has 0 unspecified atom stereocenters. The zero-order chi connectivity index (χ0) is 39.9. The number of benzene rings is 9. The Morgan fingerprint density at radius 2 is 0.638 bits per heavy atom. The van der Waals surface area contributed by atoms with Crippen molar-refractivity contribution in [2.75, 3.05) is 42.7 Å². The molecule has 0 atom stereocenters. The van der Waals surface area contributed by atoms with Gasteiger partial charge in [-0.05, 0) is 71.8 Å². The van der Waals surface area contributed by atoms with E-state index >= 15 is 0 Å². The zero-order valence-electron chi connectivity index (χ0n) is 33.2. The van der Waals surface area contributed by atoms with E-state index in [9.17, 15) is 0 Å². The minimum absolute atomic E-state index is 0.366. The van der Waals surface area contributed by atoms with E-state index in [0.717, 1.165) is 75.8 Å². The minimum atomic E-state index is 0.366. The van der Waals surface area contributed by atoms with Crippen molar-refractivity contribution in [2.24, 2.45) is 0 Å². The third-order valence-corrected chi connectivity index (χ3v) is 11.0. The summed E-state index contributed by atoms with van der Waals surface area (Å²) in [7, 11) is 10.1. The molecular weight excluding hydrogens is 729 g/mol. The number of rotatable bonds is 12. The summed E-state index contributed by atoms with van der Waals surface area (Å²) < 4.78 is 50.5. The summed E-state index contributed by atoms with van der Waals surface area (Å²) in [4.78, 5) is 0. The lowest BCUT2D eigenvalue weighted by atomic mass is 9.87. The Bertz CT molecular complexity index is 2810. The zero-order valence-corrected chi connectivity index (χ0v) is 33.2. The first-order chi connectivity index (χ1) is 28.5. The Balaban J connectivity index is 1.54. The quantitative estimate of drug-likeness (QED) is 0.114. The molecule has 9 rings (SSSR count). The summed E-state index contributed by atoms with van der Waals surface area (Å²) >= 11 is 0. The van der Waals surface area contributed by atoms with Gasteiger partial charge >= 0.3 is 0 Å². The molecule has 9 aromatic carbocycles. The Labute approximate surface area is 335 Å². The Morgan fingerprint density at radius 1 is 0.293 bits per heavy atom. The van der Waals surface area contributed by atoms with Gasteiger partial charge in [0.15, 0.2) is 11.5 Å². The van der Waals surface area contributed by atoms with Gasteiger partial charge in [-0.15, -0.1) is 0 Å². The second-order valence-corrected chi connectivity index (χ2v) is 14.0. The van der Waals surface area contributed by atoms with Crippen LogP contribution in [0.5, 0.6) is 46.0 Å². The fraction of sp³-hybridized carbons (Fsp3) is 0.160. The summed E-state index contributed by atoms with van der Waals surface area (Å²) in [6.07, 6.45) is 0. The van der Waals surface area contributed by atoms with E-state index in [1.807, 2.05) is 72.8 Å². The van der Waals surface area contributed by atoms with Gasteiger partial charge in [0.2, 0.25) is 0 Å². The van der Waals surface area contributed by atoms with E-state index in [2.05, 4.69) is 48.5 Å². The molecule has 0 amide bonds. The molecule has 0 radical (unpaired) electrons. The van der Waals surface area contributed by atoms with Crippen molar-refractivity contribution in [3.05, 3.63) is 132 Å². The predicted octanol–water partition coefficient (Wildman–Crippen LogP) is 11.8. The molecule has 0 aromatic heterocycles. The molecular formula is C50H42O8. The number of hydrogen-bond donors (Lipinski definition) is 0. The largest absolute Gasteiger partial charge is 0.496 e. The average molecular weight is 771 g/mol. The molecule has 8 nitrogen and oxygen atoms in total. The summed E-state index contributed by atoms with van der Waals surface area (Å²) in [5, 5.41) is 10.5. The number of fused-ring (bicyclic) bond motifs is 11. The molecule has 290 valence electrons. The van der Waals surface area contributed by atoms with Gasteiger partial charge in [0.05, 0.1) is 42.7 Å². The normalized spacial score (nSPS) is 11.4. The highest BCUT2D eigenvalue weighted by Gasteiger charge is 2.27. The summed E-state index contributed by atoms with van der Waals surface area (Å²) in [5.74, 6) is 5.32. The number of methoxy groups -OCH3 is 6. The van der Waals surface area contributed by atoms with E-state index in [0.29, 0.717) is 59.2 Å². The lowest BCUT2D eigenvalue weighted by Crippen LogP contribution is -2.00. The second-order valence-electron chi connectivity index (χ2n) is 14.0. The molecule has 0 saturated heterocycles. The molecule has 0 heterocycles. The highest BCUT2D eigenvalue weighted by Crippen LogP contribution is 2.55. The number of hydrogen-bond acceptors (Lipinski definition) is 8. The molecule has 0 aliphatic carbocycles. The van der Waals surface area contributed by atoms with Gasteiger partial charge in [-0.25, -0.2) is 0 Å². The Kier molecular flexibility index (Phi) is 9.53. The fourth-order valence-electron chi connectivity index (χ4n) is 8.47. The predicted molar refractivity (Wildman–Crippen MR) is 232 cm³/mol. The van der Waals surface area contributed by atoms with Crippen molar-refractivity contribution in [3.8, 4) is 46.0 Å². The van der Waals surface area contributed by atoms with Gasteiger partial charge in [0.1, 0.15) is 47.7 Å². The van der Waals surface area contributed by atoms with Gasteiger partial charge in [0, 0.05) is 64.6 Å². The Morgan fingerprint density at radius 3 is 1.00 bits per heavy atom. The van der Waals surface area contributed by atoms with Crippen LogP contribution in [-0.2, 0) is 13.2 Å². The van der Waals surface area contributed by atoms with Crippen LogP contribution in [-0.4, -0.2) is 42.7 Å². The first kappa shape index (κ1) is 36.6. The molecule has 0 saturated carbocycles. The second kappa shape index (κ2) is 15.1. The van der Waals surface area contributed by atoms with E-state index in [-0.39, 0.29) is 0 Å². The fourth-order valence-corrected chi connectivity index (χ4v) is 8.47. The third-order valence-electron chi connectivity index (χ3n) is 11.0. The first-order valence-corrected chi connectivity index (χ1v) is 19.0. The monoisotopic (exact) mass is 770 g/mol. The van der Waals surface area contributed by atoms with Crippen LogP contribution in [0.2, 0.25) is 0 Å². The van der Waals surface area contributed by atoms with Crippen LogP contribution in [0.25, 0.3) is 64.6 Å². The standard InChI is InChI=1S/C50H42O8/c1-51-37-21-23-39(57-27-29-13-9-7-10-14-29)43-35(37)25-41(53-3)31-17-19-33-47(45(31)43)48-34(50(56-6)49(33)55-5)20-18-32-42(54-4)26-36-38(52-2)22-24-40(44(36)46(32)48)58-28-30-15-11-8-12-16-30/h7-26H,27-28H2,1-6H3. The SMILES string of the molecule is COc1ccc(OCc2ccccc2)c2c1cc(OC)c1ccc3c(OC)c(OC)c4ccc5c(OC)cc6c(OC)ccc(OCc7ccccc7)c6c5c4c3c12. The molecule has 0 bridgehead atoms. The molecule has 0 spiro atoms. The maximum Gasteiger partial charge on any atom is 0.169 e. The first-order valence-electron chi connectivity index (χ1n) is 19.0. The average Bonchev–Trinajstić information content (AvgIpc) is 3.28. The van der Waals surface area contributed by atoms with Crippen LogP contribution in [0.4, 0.5) is 0 Å². The Hall–Kier alpha value is -7.06. The molecule has 0 aliphatic heterocycles. The number of ether oxygens (including phenoxy) is 8. The minimum Gasteiger partial charge on any atom is -0.496 e. The molecule has 9 aromatic rings. The van der Waals surface area contributed by atoms with Crippen LogP contribution in [0.1, 0.15) is 11.1 Å². The highest BCUT2D eigenvalue weighted by molar-refractivity contribution is 6.39. The van der Waals surface area contributed by atoms with Crippen LogP contribution in [0, 0.1) is 0 Å². The van der Waals surface area contributed by atoms with Gasteiger partial charge in [-0.2, -0.15) is 0 Å². The van der Waals surface area contributed by atoms with E-state index in [1.165, 1.54) is 0 Å². The third kappa shape index (κ3) is 5.83. The van der Waals surface area contributed by atoms with Gasteiger partial charge in [-0.3, -0.25) is 0 Å². The lowest BCUT2D eigenvalue weighted by molar-refractivity contribution is 0.309. The van der Waals surface area contributed by atoms with E-state index in [1.54, 1.807) is 42.7 Å². The smallest absolute Gasteiger partial charge is 0.169 e. The lowest BCUT2D eigenvalue weighted by Gasteiger charge is -2.23. The molecule has 0 N–H and O–H groups in total. The van der Waals surface area contributed by atoms with Crippen molar-refractivity contribution in [2.45, 2.75) is 13.2 Å². The van der Waals surface area contributed by atoms with Crippen molar-refractivity contribution in [1.29, 1.82) is 0 Å². The van der Waals surface area contributed by atoms with Crippen molar-refractivity contribution in [3.63, 3.8) is 0 Å². The molecule has 8 heteroatoms. The van der Waals surface area contributed by atoms with Gasteiger partial charge < -0.3 is 37.9 Å². The van der Waals surface area contributed by atoms with E-state index < -0.39 is 0 Å². The van der Waals surface area contributed by atoms with Crippen LogP contribution < -0.4 is 37.9 Å². The van der Waals surface area contributed by atoms with Crippen molar-refractivity contribution >= 4 is 64.6 Å².